The first kappa shape index (κ1) is 39.0. The smallest absolute Gasteiger partial charge is 0.506 e. The highest BCUT2D eigenvalue weighted by Gasteiger charge is 2.31. The first-order valence-corrected chi connectivity index (χ1v) is 13.1. The van der Waals surface area contributed by atoms with Gasteiger partial charge in [-0.15, -0.1) is 26.3 Å². The van der Waals surface area contributed by atoms with Gasteiger partial charge in [-0.1, -0.05) is 0 Å². The number of amides is 1. The van der Waals surface area contributed by atoms with Crippen LogP contribution >= 0.6 is 11.6 Å². The second-order valence-corrected chi connectivity index (χ2v) is 9.33. The monoisotopic (exact) mass is 718 g/mol. The molecule has 0 saturated heterocycles. The maximum atomic E-state index is 12.1. The zero-order chi connectivity index (χ0) is 37.1. The second-order valence-electron chi connectivity index (χ2n) is 8.99. The summed E-state index contributed by atoms with van der Waals surface area (Å²) < 4.78 is 78.5. The molecule has 0 spiro atoms. The van der Waals surface area contributed by atoms with Gasteiger partial charge in [-0.25, -0.2) is 9.59 Å². The van der Waals surface area contributed by atoms with Crippen LogP contribution in [-0.2, 0) is 0 Å². The molecule has 0 aromatic heterocycles. The topological polar surface area (TPSA) is 206 Å². The van der Waals surface area contributed by atoms with Crippen LogP contribution in [0.15, 0.2) is 84.9 Å². The van der Waals surface area contributed by atoms with Gasteiger partial charge in [0.1, 0.15) is 23.0 Å². The van der Waals surface area contributed by atoms with E-state index in [2.05, 4.69) is 14.8 Å². The molecule has 0 aliphatic carbocycles. The molecular formula is C30H21ClF6N2O10. The molecule has 0 saturated carbocycles. The fourth-order valence-corrected chi connectivity index (χ4v) is 3.37. The number of phenolic OH excluding ortho intramolecular Hbond substituents is 2. The molecule has 12 nitrogen and oxygen atoms in total. The van der Waals surface area contributed by atoms with Crippen molar-refractivity contribution < 1.29 is 75.4 Å². The Balaban J connectivity index is 0.000000282. The largest absolute Gasteiger partial charge is 0.573 e. The zero-order valence-corrected chi connectivity index (χ0v) is 24.8. The van der Waals surface area contributed by atoms with E-state index in [1.54, 1.807) is 0 Å². The van der Waals surface area contributed by atoms with E-state index in [0.717, 1.165) is 66.7 Å². The van der Waals surface area contributed by atoms with Crippen LogP contribution < -0.4 is 20.5 Å². The molecule has 260 valence electrons. The fourth-order valence-electron chi connectivity index (χ4n) is 3.25. The minimum atomic E-state index is -4.84. The number of alkyl halides is 6. The van der Waals surface area contributed by atoms with E-state index in [4.69, 9.17) is 32.7 Å². The standard InChI is InChI=1S/C15H10F3NO5.C8H4ClF3O2.C7H7NO3/c16-15(17,18)24-10-4-1-8(2-5-10)13(21)19-11-7-9(14(22)23)3-6-12(11)20;9-7(13)5-1-3-6(4-2-5)14-8(10,11)12;8-5-3-4(7(10)11)1-2-6(5)9/h1-7,20H,(H,19,21)(H,22,23);1-4H;1-3,9H,8H2,(H,10,11). The summed E-state index contributed by atoms with van der Waals surface area (Å²) in [7, 11) is 0. The number of carboxylic acid groups (broad SMARTS) is 2. The number of benzene rings is 4. The highest BCUT2D eigenvalue weighted by atomic mass is 35.5. The van der Waals surface area contributed by atoms with E-state index in [1.807, 2.05) is 0 Å². The average Bonchev–Trinajstić information content (AvgIpc) is 2.99. The maximum absolute atomic E-state index is 12.1. The van der Waals surface area contributed by atoms with Crippen molar-refractivity contribution in [3.05, 3.63) is 107 Å². The molecule has 4 aromatic rings. The highest BCUT2D eigenvalue weighted by molar-refractivity contribution is 6.67. The fraction of sp³-hybridized carbons (Fsp3) is 0.0667. The molecule has 4 aromatic carbocycles. The van der Waals surface area contributed by atoms with Crippen molar-refractivity contribution in [2.75, 3.05) is 11.1 Å². The van der Waals surface area contributed by atoms with E-state index in [9.17, 15) is 50.6 Å². The third-order valence-corrected chi connectivity index (χ3v) is 5.65. The van der Waals surface area contributed by atoms with Crippen LogP contribution in [0.2, 0.25) is 0 Å². The number of ether oxygens (including phenoxy) is 2. The van der Waals surface area contributed by atoms with Gasteiger partial charge in [-0.2, -0.15) is 0 Å². The lowest BCUT2D eigenvalue weighted by Crippen LogP contribution is -2.17. The van der Waals surface area contributed by atoms with Crippen molar-refractivity contribution in [2.45, 2.75) is 12.7 Å². The molecule has 49 heavy (non-hydrogen) atoms. The second kappa shape index (κ2) is 16.6. The summed E-state index contributed by atoms with van der Waals surface area (Å²) in [6.07, 6.45) is -9.57. The van der Waals surface area contributed by atoms with Crippen molar-refractivity contribution in [1.29, 1.82) is 0 Å². The van der Waals surface area contributed by atoms with E-state index in [1.165, 1.54) is 18.2 Å². The lowest BCUT2D eigenvalue weighted by atomic mass is 10.1. The summed E-state index contributed by atoms with van der Waals surface area (Å²) >= 11 is 5.09. The van der Waals surface area contributed by atoms with Gasteiger partial charge >= 0.3 is 24.7 Å². The number of nitrogen functional groups attached to an aromatic ring is 1. The Morgan fingerprint density at radius 3 is 1.39 bits per heavy atom. The number of hydrogen-bond donors (Lipinski definition) is 6. The molecule has 0 radical (unpaired) electrons. The van der Waals surface area contributed by atoms with Gasteiger partial charge in [-0.05, 0) is 96.5 Å². The number of aromatic carboxylic acids is 2. The van der Waals surface area contributed by atoms with Crippen LogP contribution in [0.5, 0.6) is 23.0 Å². The van der Waals surface area contributed by atoms with Crippen LogP contribution in [0.4, 0.5) is 37.7 Å². The van der Waals surface area contributed by atoms with E-state index in [0.29, 0.717) is 0 Å². The molecule has 0 fully saturated rings. The highest BCUT2D eigenvalue weighted by Crippen LogP contribution is 2.27. The van der Waals surface area contributed by atoms with Gasteiger partial charge in [0.2, 0.25) is 0 Å². The Morgan fingerprint density at radius 1 is 0.612 bits per heavy atom. The summed E-state index contributed by atoms with van der Waals surface area (Å²) in [5, 5.41) is 37.4. The normalized spacial score (nSPS) is 10.7. The molecule has 1 amide bonds. The van der Waals surface area contributed by atoms with Crippen molar-refractivity contribution >= 4 is 46.1 Å². The van der Waals surface area contributed by atoms with Crippen LogP contribution in [-0.4, -0.2) is 56.2 Å². The Morgan fingerprint density at radius 2 is 1.00 bits per heavy atom. The van der Waals surface area contributed by atoms with Crippen molar-refractivity contribution in [1.82, 2.24) is 0 Å². The van der Waals surface area contributed by atoms with Gasteiger partial charge in [0.15, 0.2) is 0 Å². The van der Waals surface area contributed by atoms with Crippen LogP contribution in [0, 0.1) is 0 Å². The molecule has 4 rings (SSSR count). The first-order valence-electron chi connectivity index (χ1n) is 12.8. The van der Waals surface area contributed by atoms with Gasteiger partial charge in [-0.3, -0.25) is 9.59 Å². The number of hydrogen-bond acceptors (Lipinski definition) is 9. The van der Waals surface area contributed by atoms with E-state index >= 15 is 0 Å². The summed E-state index contributed by atoms with van der Waals surface area (Å²) in [5.74, 6) is -4.39. The van der Waals surface area contributed by atoms with Gasteiger partial charge < -0.3 is 41.0 Å². The number of rotatable bonds is 7. The number of carboxylic acids is 2. The molecule has 0 aliphatic rings. The van der Waals surface area contributed by atoms with Crippen LogP contribution in [0.3, 0.4) is 0 Å². The Labute approximate surface area is 275 Å². The molecule has 7 N–H and O–H groups in total. The molecule has 0 heterocycles. The minimum absolute atomic E-state index is 0.00958. The number of nitrogens with one attached hydrogen (secondary N) is 1. The first-order chi connectivity index (χ1) is 22.6. The summed E-state index contributed by atoms with van der Waals surface area (Å²) in [6, 6.07) is 15.5. The quantitative estimate of drug-likeness (QED) is 0.0503. The molecular weight excluding hydrogens is 698 g/mol. The minimum Gasteiger partial charge on any atom is -0.506 e. The summed E-state index contributed by atoms with van der Waals surface area (Å²) in [6.45, 7) is 0. The van der Waals surface area contributed by atoms with Crippen molar-refractivity contribution in [3.8, 4) is 23.0 Å². The van der Waals surface area contributed by atoms with E-state index in [-0.39, 0.29) is 50.9 Å². The third-order valence-electron chi connectivity index (χ3n) is 5.43. The van der Waals surface area contributed by atoms with Gasteiger partial charge in [0.05, 0.1) is 22.5 Å². The maximum Gasteiger partial charge on any atom is 0.573 e. The SMILES string of the molecule is Nc1cc(C(=O)O)ccc1O.O=C(Cl)c1ccc(OC(F)(F)F)cc1.O=C(O)c1ccc(O)c(NC(=O)c2ccc(OC(F)(F)F)cc2)c1. The van der Waals surface area contributed by atoms with Crippen LogP contribution in [0.25, 0.3) is 0 Å². The Hall–Kier alpha value is -6.17. The van der Waals surface area contributed by atoms with Crippen molar-refractivity contribution in [2.24, 2.45) is 0 Å². The number of halogens is 7. The zero-order valence-electron chi connectivity index (χ0n) is 24.0. The number of nitrogens with two attached hydrogens (primary N) is 1. The molecule has 0 aliphatic heterocycles. The van der Waals surface area contributed by atoms with E-state index < -0.39 is 41.6 Å². The Bertz CT molecular complexity index is 1800. The summed E-state index contributed by atoms with van der Waals surface area (Å²) in [5.41, 5.74) is 5.19. The molecule has 0 unspecified atom stereocenters. The van der Waals surface area contributed by atoms with Gasteiger partial charge in [0, 0.05) is 11.1 Å². The number of carbonyl (C=O) groups excluding carboxylic acids is 2. The number of carbonyl (C=O) groups is 4. The third kappa shape index (κ3) is 13.6. The van der Waals surface area contributed by atoms with Crippen LogP contribution in [0.1, 0.15) is 41.4 Å². The lowest BCUT2D eigenvalue weighted by molar-refractivity contribution is -0.275. The molecule has 0 atom stereocenters. The number of phenols is 2. The lowest BCUT2D eigenvalue weighted by Gasteiger charge is -2.10. The molecule has 19 heteroatoms. The van der Waals surface area contributed by atoms with Gasteiger partial charge in [0.25, 0.3) is 11.1 Å². The predicted molar refractivity (Wildman–Crippen MR) is 159 cm³/mol. The molecule has 0 bridgehead atoms. The van der Waals surface area contributed by atoms with Crippen molar-refractivity contribution in [3.63, 3.8) is 0 Å². The number of anilines is 2. The summed E-state index contributed by atoms with van der Waals surface area (Å²) in [4.78, 5) is 43.8. The Kier molecular flexibility index (Phi) is 13.2. The number of aromatic hydroxyl groups is 2. The predicted octanol–water partition coefficient (Wildman–Crippen LogP) is 6.88. The average molecular weight is 719 g/mol.